The van der Waals surface area contributed by atoms with Crippen molar-refractivity contribution in [3.63, 3.8) is 0 Å². The van der Waals surface area contributed by atoms with Gasteiger partial charge < -0.3 is 4.74 Å². The van der Waals surface area contributed by atoms with Gasteiger partial charge in [-0.2, -0.15) is 0 Å². The van der Waals surface area contributed by atoms with E-state index < -0.39 is 4.92 Å². The Bertz CT molecular complexity index is 620. The van der Waals surface area contributed by atoms with Crippen LogP contribution in [0.5, 0.6) is 5.75 Å². The first-order valence-corrected chi connectivity index (χ1v) is 5.99. The monoisotopic (exact) mass is 298 g/mol. The van der Waals surface area contributed by atoms with Crippen LogP contribution in [0.3, 0.4) is 0 Å². The molecule has 2 aromatic rings. The Labute approximate surface area is 118 Å². The normalized spacial score (nSPS) is 10.2. The van der Waals surface area contributed by atoms with E-state index in [1.807, 2.05) is 0 Å². The Balaban J connectivity index is 2.12. The highest BCUT2D eigenvalue weighted by Gasteiger charge is 2.10. The average Bonchev–Trinajstić information content (AvgIpc) is 2.39. The van der Waals surface area contributed by atoms with E-state index >= 15 is 0 Å². The number of nitrogens with zero attached hydrogens (tertiary/aromatic N) is 2. The number of halogens is 2. The summed E-state index contributed by atoms with van der Waals surface area (Å²) in [4.78, 5) is 13.9. The van der Waals surface area contributed by atoms with Gasteiger partial charge in [-0.1, -0.05) is 23.2 Å². The van der Waals surface area contributed by atoms with Gasteiger partial charge in [0.25, 0.3) is 5.69 Å². The fourth-order valence-corrected chi connectivity index (χ4v) is 1.80. The Morgan fingerprint density at radius 1 is 1.32 bits per heavy atom. The molecule has 0 aliphatic rings. The summed E-state index contributed by atoms with van der Waals surface area (Å²) in [5.41, 5.74) is 0.570. The van der Waals surface area contributed by atoms with Crippen LogP contribution in [0.1, 0.15) is 5.56 Å². The van der Waals surface area contributed by atoms with Crippen LogP contribution in [0.2, 0.25) is 10.2 Å². The number of non-ortho nitro benzene ring substituents is 1. The molecular weight excluding hydrogens is 291 g/mol. The van der Waals surface area contributed by atoms with Gasteiger partial charge in [0.05, 0.1) is 9.95 Å². The minimum absolute atomic E-state index is 0.0619. The lowest BCUT2D eigenvalue weighted by Crippen LogP contribution is -1.98. The summed E-state index contributed by atoms with van der Waals surface area (Å²) in [7, 11) is 0. The second-order valence-electron chi connectivity index (χ2n) is 3.61. The number of hydrogen-bond acceptors (Lipinski definition) is 4. The predicted octanol–water partition coefficient (Wildman–Crippen LogP) is 3.88. The van der Waals surface area contributed by atoms with E-state index in [-0.39, 0.29) is 22.5 Å². The second-order valence-corrected chi connectivity index (χ2v) is 4.38. The molecule has 0 aliphatic carbocycles. The van der Waals surface area contributed by atoms with Gasteiger partial charge in [0.1, 0.15) is 6.61 Å². The maximum atomic E-state index is 10.6. The molecule has 1 heterocycles. The molecule has 0 amide bonds. The lowest BCUT2D eigenvalue weighted by Gasteiger charge is -2.08. The van der Waals surface area contributed by atoms with Crippen molar-refractivity contribution in [2.45, 2.75) is 6.61 Å². The molecule has 7 heteroatoms. The van der Waals surface area contributed by atoms with Gasteiger partial charge in [0, 0.05) is 23.9 Å². The maximum Gasteiger partial charge on any atom is 0.270 e. The molecule has 19 heavy (non-hydrogen) atoms. The van der Waals surface area contributed by atoms with Crippen LogP contribution in [-0.4, -0.2) is 9.91 Å². The van der Waals surface area contributed by atoms with Crippen LogP contribution in [0, 0.1) is 10.1 Å². The maximum absolute atomic E-state index is 10.6. The molecule has 1 aromatic carbocycles. The van der Waals surface area contributed by atoms with Crippen molar-refractivity contribution in [3.05, 3.63) is 62.4 Å². The van der Waals surface area contributed by atoms with Gasteiger partial charge in [-0.05, 0) is 18.2 Å². The topological polar surface area (TPSA) is 65.3 Å². The summed E-state index contributed by atoms with van der Waals surface area (Å²) in [6.07, 6.45) is 1.55. The smallest absolute Gasteiger partial charge is 0.270 e. The van der Waals surface area contributed by atoms with E-state index in [1.165, 1.54) is 12.1 Å². The fourth-order valence-electron chi connectivity index (χ4n) is 1.40. The number of aromatic nitrogens is 1. The molecule has 0 N–H and O–H groups in total. The number of benzene rings is 1. The summed E-state index contributed by atoms with van der Waals surface area (Å²) in [6.45, 7) is 0.155. The summed E-state index contributed by atoms with van der Waals surface area (Å²) in [6, 6.07) is 7.57. The minimum atomic E-state index is -0.505. The quantitative estimate of drug-likeness (QED) is 0.488. The predicted molar refractivity (Wildman–Crippen MR) is 71.7 cm³/mol. The van der Waals surface area contributed by atoms with E-state index in [2.05, 4.69) is 4.98 Å². The molecule has 0 bridgehead atoms. The Hall–Kier alpha value is -1.85. The zero-order valence-corrected chi connectivity index (χ0v) is 11.1. The van der Waals surface area contributed by atoms with E-state index in [4.69, 9.17) is 27.9 Å². The van der Waals surface area contributed by atoms with E-state index in [9.17, 15) is 10.1 Å². The van der Waals surface area contributed by atoms with Crippen LogP contribution in [0.4, 0.5) is 5.69 Å². The van der Waals surface area contributed by atoms with Crippen LogP contribution in [-0.2, 0) is 6.61 Å². The first-order valence-electron chi connectivity index (χ1n) is 5.24. The summed E-state index contributed by atoms with van der Waals surface area (Å²) >= 11 is 11.8. The fraction of sp³-hybridized carbons (Fsp3) is 0.0833. The molecule has 0 fully saturated rings. The van der Waals surface area contributed by atoms with Crippen molar-refractivity contribution < 1.29 is 9.66 Å². The van der Waals surface area contributed by atoms with Crippen molar-refractivity contribution in [3.8, 4) is 5.75 Å². The molecule has 5 nitrogen and oxygen atoms in total. The van der Waals surface area contributed by atoms with Crippen molar-refractivity contribution in [2.24, 2.45) is 0 Å². The highest BCUT2D eigenvalue weighted by molar-refractivity contribution is 6.31. The van der Waals surface area contributed by atoms with Crippen molar-refractivity contribution >= 4 is 28.9 Å². The first-order chi connectivity index (χ1) is 9.08. The standard InChI is InChI=1S/C12H8Cl2N2O3/c13-10-6-9(16(17)18)4-3-8(10)7-19-11-2-1-5-15-12(11)14/h1-6H,7H2. The van der Waals surface area contributed by atoms with Crippen LogP contribution < -0.4 is 4.74 Å². The third-order valence-corrected chi connectivity index (χ3v) is 2.99. The number of nitro benzene ring substituents is 1. The first kappa shape index (κ1) is 13.6. The molecule has 0 saturated heterocycles. The van der Waals surface area contributed by atoms with Gasteiger partial charge in [0.2, 0.25) is 0 Å². The summed E-state index contributed by atoms with van der Waals surface area (Å²) in [5.74, 6) is 0.429. The van der Waals surface area contributed by atoms with Gasteiger partial charge in [0.15, 0.2) is 10.9 Å². The zero-order valence-electron chi connectivity index (χ0n) is 9.55. The third-order valence-electron chi connectivity index (χ3n) is 2.36. The third kappa shape index (κ3) is 3.33. The Kier molecular flexibility index (Phi) is 4.19. The number of ether oxygens (including phenoxy) is 1. The zero-order chi connectivity index (χ0) is 13.8. The largest absolute Gasteiger partial charge is 0.486 e. The molecule has 2 rings (SSSR count). The van der Waals surface area contributed by atoms with E-state index in [0.717, 1.165) is 0 Å². The Morgan fingerprint density at radius 2 is 2.11 bits per heavy atom. The number of nitro groups is 1. The highest BCUT2D eigenvalue weighted by Crippen LogP contribution is 2.26. The van der Waals surface area contributed by atoms with Crippen LogP contribution in [0.15, 0.2) is 36.5 Å². The molecule has 1 aromatic heterocycles. The minimum Gasteiger partial charge on any atom is -0.486 e. The molecule has 0 spiro atoms. The summed E-state index contributed by atoms with van der Waals surface area (Å²) < 4.78 is 5.46. The van der Waals surface area contributed by atoms with Crippen LogP contribution >= 0.6 is 23.2 Å². The van der Waals surface area contributed by atoms with Gasteiger partial charge in [-0.15, -0.1) is 0 Å². The average molecular weight is 299 g/mol. The van der Waals surface area contributed by atoms with Gasteiger partial charge in [-0.25, -0.2) is 4.98 Å². The van der Waals surface area contributed by atoms with Crippen molar-refractivity contribution in [1.82, 2.24) is 4.98 Å². The van der Waals surface area contributed by atoms with Gasteiger partial charge >= 0.3 is 0 Å². The van der Waals surface area contributed by atoms with Crippen LogP contribution in [0.25, 0.3) is 0 Å². The molecule has 0 unspecified atom stereocenters. The summed E-state index contributed by atoms with van der Waals surface area (Å²) in [5, 5.41) is 11.1. The highest BCUT2D eigenvalue weighted by atomic mass is 35.5. The second kappa shape index (κ2) is 5.86. The molecular formula is C12H8Cl2N2O3. The van der Waals surface area contributed by atoms with Crippen molar-refractivity contribution in [1.29, 1.82) is 0 Å². The van der Waals surface area contributed by atoms with E-state index in [0.29, 0.717) is 11.3 Å². The number of hydrogen-bond donors (Lipinski definition) is 0. The Morgan fingerprint density at radius 3 is 2.74 bits per heavy atom. The molecule has 0 atom stereocenters. The van der Waals surface area contributed by atoms with E-state index in [1.54, 1.807) is 24.4 Å². The molecule has 0 aliphatic heterocycles. The molecule has 0 saturated carbocycles. The molecule has 98 valence electrons. The molecule has 0 radical (unpaired) electrons. The number of pyridine rings is 1. The lowest BCUT2D eigenvalue weighted by atomic mass is 10.2. The number of rotatable bonds is 4. The SMILES string of the molecule is O=[N+]([O-])c1ccc(COc2cccnc2Cl)c(Cl)c1. The van der Waals surface area contributed by atoms with Crippen molar-refractivity contribution in [2.75, 3.05) is 0 Å². The lowest BCUT2D eigenvalue weighted by molar-refractivity contribution is -0.384. The van der Waals surface area contributed by atoms with Gasteiger partial charge in [-0.3, -0.25) is 10.1 Å².